The largest absolute Gasteiger partial charge is 0.378 e. The molecule has 4 rings (SSSR count). The summed E-state index contributed by atoms with van der Waals surface area (Å²) in [4.78, 5) is 8.69. The molecule has 2 aromatic carbocycles. The second-order valence-corrected chi connectivity index (χ2v) is 7.40. The molecule has 2 heterocycles. The Kier molecular flexibility index (Phi) is 4.86. The van der Waals surface area contributed by atoms with Gasteiger partial charge in [0.25, 0.3) is 0 Å². The number of rotatable bonds is 1. The highest BCUT2D eigenvalue weighted by Gasteiger charge is 2.22. The van der Waals surface area contributed by atoms with Crippen molar-refractivity contribution >= 4 is 23.3 Å². The van der Waals surface area contributed by atoms with Crippen LogP contribution in [0.4, 0.5) is 5.69 Å². The number of fused-ring (bicyclic) bond motifs is 1. The molecule has 1 unspecified atom stereocenters. The molecule has 1 saturated heterocycles. The van der Waals surface area contributed by atoms with Crippen molar-refractivity contribution in [3.63, 3.8) is 0 Å². The highest BCUT2D eigenvalue weighted by Crippen LogP contribution is 2.44. The zero-order valence-corrected chi connectivity index (χ0v) is 14.5. The van der Waals surface area contributed by atoms with Gasteiger partial charge < -0.3 is 9.64 Å². The SMILES string of the molecule is c1ccc(C2CCC(N3CCOCC3)=Nc3ccccc3S2)cc1. The molecular weight excluding hydrogens is 316 g/mol. The number of thioether (sulfide) groups is 1. The normalized spacial score (nSPS) is 21.4. The average molecular weight is 338 g/mol. The monoisotopic (exact) mass is 338 g/mol. The molecule has 1 fully saturated rings. The molecule has 0 spiro atoms. The quantitative estimate of drug-likeness (QED) is 0.755. The Bertz CT molecular complexity index is 711. The van der Waals surface area contributed by atoms with E-state index in [9.17, 15) is 0 Å². The number of para-hydroxylation sites is 1. The van der Waals surface area contributed by atoms with Gasteiger partial charge in [-0.05, 0) is 24.1 Å². The maximum absolute atomic E-state index is 5.51. The minimum atomic E-state index is 0.471. The van der Waals surface area contributed by atoms with Gasteiger partial charge in [-0.1, -0.05) is 42.5 Å². The molecule has 0 amide bonds. The van der Waals surface area contributed by atoms with Crippen LogP contribution in [-0.4, -0.2) is 37.0 Å². The molecule has 2 aliphatic rings. The summed E-state index contributed by atoms with van der Waals surface area (Å²) in [5.41, 5.74) is 2.50. The van der Waals surface area contributed by atoms with Crippen molar-refractivity contribution in [2.45, 2.75) is 23.0 Å². The zero-order valence-electron chi connectivity index (χ0n) is 13.7. The summed E-state index contributed by atoms with van der Waals surface area (Å²) >= 11 is 1.94. The van der Waals surface area contributed by atoms with Crippen LogP contribution >= 0.6 is 11.8 Å². The average Bonchev–Trinajstić information content (AvgIpc) is 2.64. The number of nitrogens with zero attached hydrogens (tertiary/aromatic N) is 2. The predicted molar refractivity (Wildman–Crippen MR) is 100 cm³/mol. The van der Waals surface area contributed by atoms with Crippen LogP contribution in [0.2, 0.25) is 0 Å². The molecule has 3 nitrogen and oxygen atoms in total. The lowest BCUT2D eigenvalue weighted by atomic mass is 10.1. The third-order valence-electron chi connectivity index (χ3n) is 4.56. The van der Waals surface area contributed by atoms with Crippen LogP contribution in [0.3, 0.4) is 0 Å². The number of hydrogen-bond donors (Lipinski definition) is 0. The first kappa shape index (κ1) is 15.7. The fourth-order valence-electron chi connectivity index (χ4n) is 3.27. The van der Waals surface area contributed by atoms with E-state index in [4.69, 9.17) is 9.73 Å². The van der Waals surface area contributed by atoms with Gasteiger partial charge in [0.05, 0.1) is 18.9 Å². The molecule has 0 radical (unpaired) electrons. The lowest BCUT2D eigenvalue weighted by Gasteiger charge is -2.32. The maximum atomic E-state index is 5.51. The fourth-order valence-corrected chi connectivity index (χ4v) is 4.50. The van der Waals surface area contributed by atoms with Gasteiger partial charge in [0.1, 0.15) is 5.84 Å². The zero-order chi connectivity index (χ0) is 16.2. The van der Waals surface area contributed by atoms with E-state index in [1.807, 2.05) is 11.8 Å². The van der Waals surface area contributed by atoms with Gasteiger partial charge in [0.15, 0.2) is 0 Å². The lowest BCUT2D eigenvalue weighted by Crippen LogP contribution is -2.40. The topological polar surface area (TPSA) is 24.8 Å². The Morgan fingerprint density at radius 1 is 0.958 bits per heavy atom. The van der Waals surface area contributed by atoms with Crippen molar-refractivity contribution in [1.82, 2.24) is 4.90 Å². The van der Waals surface area contributed by atoms with E-state index in [-0.39, 0.29) is 0 Å². The van der Waals surface area contributed by atoms with Gasteiger partial charge in [0.2, 0.25) is 0 Å². The van der Waals surface area contributed by atoms with Gasteiger partial charge in [-0.3, -0.25) is 0 Å². The van der Waals surface area contributed by atoms with Crippen molar-refractivity contribution < 1.29 is 4.74 Å². The van der Waals surface area contributed by atoms with Crippen LogP contribution in [0.5, 0.6) is 0 Å². The summed E-state index contributed by atoms with van der Waals surface area (Å²) < 4.78 is 5.51. The van der Waals surface area contributed by atoms with E-state index in [2.05, 4.69) is 59.5 Å². The third kappa shape index (κ3) is 3.50. The van der Waals surface area contributed by atoms with Crippen molar-refractivity contribution in [1.29, 1.82) is 0 Å². The minimum Gasteiger partial charge on any atom is -0.378 e. The predicted octanol–water partition coefficient (Wildman–Crippen LogP) is 4.68. The summed E-state index contributed by atoms with van der Waals surface area (Å²) in [6.45, 7) is 3.50. The first-order chi connectivity index (χ1) is 11.9. The van der Waals surface area contributed by atoms with Gasteiger partial charge in [-0.15, -0.1) is 11.8 Å². The van der Waals surface area contributed by atoms with Gasteiger partial charge in [0, 0.05) is 29.7 Å². The molecule has 1 atom stereocenters. The van der Waals surface area contributed by atoms with E-state index in [0.717, 1.165) is 44.8 Å². The van der Waals surface area contributed by atoms with Gasteiger partial charge >= 0.3 is 0 Å². The molecule has 0 bridgehead atoms. The van der Waals surface area contributed by atoms with Crippen molar-refractivity contribution in [3.05, 3.63) is 60.2 Å². The highest BCUT2D eigenvalue weighted by molar-refractivity contribution is 7.99. The molecule has 2 aliphatic heterocycles. The Labute approximate surface area is 147 Å². The maximum Gasteiger partial charge on any atom is 0.105 e. The first-order valence-electron chi connectivity index (χ1n) is 8.61. The van der Waals surface area contributed by atoms with Crippen LogP contribution in [0, 0.1) is 0 Å². The summed E-state index contributed by atoms with van der Waals surface area (Å²) in [7, 11) is 0. The van der Waals surface area contributed by atoms with Crippen LogP contribution < -0.4 is 0 Å². The second kappa shape index (κ2) is 7.41. The molecule has 124 valence electrons. The number of hydrogen-bond acceptors (Lipinski definition) is 4. The van der Waals surface area contributed by atoms with Crippen LogP contribution in [0.15, 0.2) is 64.5 Å². The molecule has 24 heavy (non-hydrogen) atoms. The van der Waals surface area contributed by atoms with Crippen molar-refractivity contribution in [2.75, 3.05) is 26.3 Å². The van der Waals surface area contributed by atoms with Gasteiger partial charge in [-0.25, -0.2) is 4.99 Å². The summed E-state index contributed by atoms with van der Waals surface area (Å²) in [5, 5.41) is 0.471. The van der Waals surface area contributed by atoms with Crippen molar-refractivity contribution in [3.8, 4) is 0 Å². The smallest absolute Gasteiger partial charge is 0.105 e. The van der Waals surface area contributed by atoms with E-state index >= 15 is 0 Å². The number of morpholine rings is 1. The Balaban J connectivity index is 1.67. The van der Waals surface area contributed by atoms with E-state index in [1.54, 1.807) is 0 Å². The van der Waals surface area contributed by atoms with E-state index < -0.39 is 0 Å². The third-order valence-corrected chi connectivity index (χ3v) is 5.95. The molecule has 0 saturated carbocycles. The molecule has 0 aliphatic carbocycles. The number of amidine groups is 1. The van der Waals surface area contributed by atoms with Crippen LogP contribution in [0.1, 0.15) is 23.7 Å². The second-order valence-electron chi connectivity index (χ2n) is 6.15. The number of ether oxygens (including phenoxy) is 1. The molecule has 0 N–H and O–H groups in total. The fraction of sp³-hybridized carbons (Fsp3) is 0.350. The summed E-state index contributed by atoms with van der Waals surface area (Å²) in [6.07, 6.45) is 2.13. The van der Waals surface area contributed by atoms with Crippen LogP contribution in [0.25, 0.3) is 0 Å². The number of aliphatic imine (C=N–C) groups is 1. The molecule has 0 aromatic heterocycles. The minimum absolute atomic E-state index is 0.471. The first-order valence-corrected chi connectivity index (χ1v) is 9.49. The summed E-state index contributed by atoms with van der Waals surface area (Å²) in [6, 6.07) is 19.4. The van der Waals surface area contributed by atoms with Crippen LogP contribution in [-0.2, 0) is 4.74 Å². The summed E-state index contributed by atoms with van der Waals surface area (Å²) in [5.74, 6) is 1.21. The Morgan fingerprint density at radius 3 is 2.54 bits per heavy atom. The van der Waals surface area contributed by atoms with Gasteiger partial charge in [-0.2, -0.15) is 0 Å². The lowest BCUT2D eigenvalue weighted by molar-refractivity contribution is 0.0671. The number of benzene rings is 2. The standard InChI is InChI=1S/C20H22N2OS/c1-2-6-16(7-3-1)18-10-11-20(22-12-14-23-15-13-22)21-17-8-4-5-9-19(17)24-18/h1-9,18H,10-15H2. The Morgan fingerprint density at radius 2 is 1.71 bits per heavy atom. The highest BCUT2D eigenvalue weighted by atomic mass is 32.2. The van der Waals surface area contributed by atoms with Crippen molar-refractivity contribution in [2.24, 2.45) is 4.99 Å². The van der Waals surface area contributed by atoms with E-state index in [0.29, 0.717) is 5.25 Å². The molecule has 2 aromatic rings. The van der Waals surface area contributed by atoms with E-state index in [1.165, 1.54) is 16.3 Å². The Hall–Kier alpha value is -1.78. The molecule has 4 heteroatoms. The molecular formula is C20H22N2OS.